The number of hydrogen-bond acceptors (Lipinski definition) is 4. The minimum Gasteiger partial charge on any atom is -0.452 e. The molecule has 0 aliphatic rings. The smallest absolute Gasteiger partial charge is 0.331 e. The van der Waals surface area contributed by atoms with Gasteiger partial charge in [-0.2, -0.15) is 5.10 Å². The molecule has 1 N–H and O–H groups in total. The van der Waals surface area contributed by atoms with Crippen molar-refractivity contribution in [2.75, 3.05) is 13.2 Å². The molecule has 1 heterocycles. The highest BCUT2D eigenvalue weighted by atomic mass is 16.5. The third-order valence-corrected chi connectivity index (χ3v) is 3.45. The Morgan fingerprint density at radius 3 is 2.84 bits per heavy atom. The molecule has 0 bridgehead atoms. The quantitative estimate of drug-likeness (QED) is 0.432. The second-order valence-electron chi connectivity index (χ2n) is 5.60. The topological polar surface area (TPSA) is 73.2 Å². The summed E-state index contributed by atoms with van der Waals surface area (Å²) in [5.74, 6) is -0.840. The molecule has 2 rings (SSSR count). The summed E-state index contributed by atoms with van der Waals surface area (Å²) in [6, 6.07) is 9.98. The van der Waals surface area contributed by atoms with Gasteiger partial charge in [0, 0.05) is 24.4 Å². The Labute approximate surface area is 147 Å². The summed E-state index contributed by atoms with van der Waals surface area (Å²) >= 11 is 0. The fourth-order valence-corrected chi connectivity index (χ4v) is 2.13. The van der Waals surface area contributed by atoms with Crippen LogP contribution in [0.2, 0.25) is 0 Å². The van der Waals surface area contributed by atoms with Gasteiger partial charge in [0.15, 0.2) is 6.61 Å². The fraction of sp³-hybridized carbons (Fsp3) is 0.316. The first kappa shape index (κ1) is 18.4. The summed E-state index contributed by atoms with van der Waals surface area (Å²) in [6.07, 6.45) is 8.33. The van der Waals surface area contributed by atoms with Crippen LogP contribution in [-0.2, 0) is 20.9 Å². The van der Waals surface area contributed by atoms with Gasteiger partial charge in [-0.15, -0.1) is 0 Å². The fourth-order valence-electron chi connectivity index (χ4n) is 2.13. The van der Waals surface area contributed by atoms with Crippen molar-refractivity contribution >= 4 is 18.0 Å². The zero-order valence-electron chi connectivity index (χ0n) is 14.4. The summed E-state index contributed by atoms with van der Waals surface area (Å²) < 4.78 is 6.69. The maximum Gasteiger partial charge on any atom is 0.331 e. The van der Waals surface area contributed by atoms with Crippen LogP contribution in [0.15, 0.2) is 48.8 Å². The Morgan fingerprint density at radius 1 is 1.28 bits per heavy atom. The molecule has 132 valence electrons. The van der Waals surface area contributed by atoms with Crippen LogP contribution in [0.5, 0.6) is 0 Å². The first-order valence-corrected chi connectivity index (χ1v) is 8.35. The van der Waals surface area contributed by atoms with E-state index in [2.05, 4.69) is 10.4 Å². The van der Waals surface area contributed by atoms with Crippen molar-refractivity contribution in [1.82, 2.24) is 15.1 Å². The average Bonchev–Trinajstić information content (AvgIpc) is 3.06. The summed E-state index contributed by atoms with van der Waals surface area (Å²) in [6.45, 7) is 3.04. The van der Waals surface area contributed by atoms with Crippen molar-refractivity contribution in [3.63, 3.8) is 0 Å². The molecule has 0 saturated carbocycles. The second kappa shape index (κ2) is 10.1. The summed E-state index contributed by atoms with van der Waals surface area (Å²) in [7, 11) is 0. The minimum absolute atomic E-state index is 0.264. The zero-order valence-corrected chi connectivity index (χ0v) is 14.4. The van der Waals surface area contributed by atoms with E-state index in [-0.39, 0.29) is 12.5 Å². The summed E-state index contributed by atoms with van der Waals surface area (Å²) in [4.78, 5) is 23.1. The number of hydrogen-bond donors (Lipinski definition) is 1. The van der Waals surface area contributed by atoms with E-state index in [1.54, 1.807) is 17.0 Å². The molecule has 0 fully saturated rings. The molecule has 0 radical (unpaired) electrons. The van der Waals surface area contributed by atoms with Gasteiger partial charge in [0.1, 0.15) is 0 Å². The number of carbonyl (C=O) groups is 2. The van der Waals surface area contributed by atoms with E-state index < -0.39 is 5.97 Å². The van der Waals surface area contributed by atoms with Crippen molar-refractivity contribution in [2.24, 2.45) is 0 Å². The maximum absolute atomic E-state index is 11.6. The highest BCUT2D eigenvalue weighted by Gasteiger charge is 2.04. The molecule has 1 aromatic heterocycles. The number of aromatic nitrogens is 2. The molecule has 0 unspecified atom stereocenters. The first-order valence-electron chi connectivity index (χ1n) is 8.35. The van der Waals surface area contributed by atoms with Gasteiger partial charge in [0.05, 0.1) is 12.7 Å². The lowest BCUT2D eigenvalue weighted by Crippen LogP contribution is -2.29. The van der Waals surface area contributed by atoms with E-state index in [4.69, 9.17) is 4.74 Å². The number of nitrogens with zero attached hydrogens (tertiary/aromatic N) is 2. The predicted molar refractivity (Wildman–Crippen MR) is 95.7 cm³/mol. The third kappa shape index (κ3) is 7.03. The number of unbranched alkanes of at least 4 members (excludes halogenated alkanes) is 1. The van der Waals surface area contributed by atoms with Crippen LogP contribution in [0.3, 0.4) is 0 Å². The highest BCUT2D eigenvalue weighted by Crippen LogP contribution is 2.05. The van der Waals surface area contributed by atoms with Gasteiger partial charge in [-0.3, -0.25) is 9.48 Å². The van der Waals surface area contributed by atoms with E-state index in [1.165, 1.54) is 6.08 Å². The van der Waals surface area contributed by atoms with E-state index in [9.17, 15) is 9.59 Å². The average molecular weight is 341 g/mol. The standard InChI is InChI=1S/C19H23N3O3/c1-2-3-11-20-18(23)15-25-19(24)10-9-17-12-21-22(14-17)13-16-7-5-4-6-8-16/h4-10,12,14H,2-3,11,13,15H2,1H3,(H,20,23)/b10-9+. The molecular weight excluding hydrogens is 318 g/mol. The van der Waals surface area contributed by atoms with Gasteiger partial charge in [-0.1, -0.05) is 43.7 Å². The van der Waals surface area contributed by atoms with Crippen LogP contribution in [0.25, 0.3) is 6.08 Å². The number of amides is 1. The maximum atomic E-state index is 11.6. The van der Waals surface area contributed by atoms with Crippen LogP contribution in [-0.4, -0.2) is 34.8 Å². The molecule has 0 spiro atoms. The second-order valence-corrected chi connectivity index (χ2v) is 5.60. The molecule has 0 aliphatic carbocycles. The SMILES string of the molecule is CCCCNC(=O)COC(=O)/C=C/c1cnn(Cc2ccccc2)c1. The highest BCUT2D eigenvalue weighted by molar-refractivity contribution is 5.89. The van der Waals surface area contributed by atoms with Crippen LogP contribution in [0.1, 0.15) is 30.9 Å². The van der Waals surface area contributed by atoms with Crippen molar-refractivity contribution in [1.29, 1.82) is 0 Å². The van der Waals surface area contributed by atoms with Crippen LogP contribution < -0.4 is 5.32 Å². The lowest BCUT2D eigenvalue weighted by Gasteiger charge is -2.03. The van der Waals surface area contributed by atoms with E-state index in [1.807, 2.05) is 43.5 Å². The molecule has 1 amide bonds. The van der Waals surface area contributed by atoms with Gasteiger partial charge in [-0.05, 0) is 18.1 Å². The molecule has 0 aliphatic heterocycles. The van der Waals surface area contributed by atoms with Crippen molar-refractivity contribution < 1.29 is 14.3 Å². The minimum atomic E-state index is -0.554. The number of rotatable bonds is 9. The first-order chi connectivity index (χ1) is 12.2. The molecule has 1 aromatic carbocycles. The van der Waals surface area contributed by atoms with Crippen LogP contribution in [0, 0.1) is 0 Å². The Bertz CT molecular complexity index is 708. The molecule has 6 nitrogen and oxygen atoms in total. The van der Waals surface area contributed by atoms with E-state index in [0.717, 1.165) is 24.0 Å². The Hall–Kier alpha value is -2.89. The van der Waals surface area contributed by atoms with E-state index >= 15 is 0 Å². The van der Waals surface area contributed by atoms with Crippen molar-refractivity contribution in [2.45, 2.75) is 26.3 Å². The van der Waals surface area contributed by atoms with Gasteiger partial charge in [0.2, 0.25) is 0 Å². The molecule has 25 heavy (non-hydrogen) atoms. The molecule has 0 atom stereocenters. The molecular formula is C19H23N3O3. The van der Waals surface area contributed by atoms with Crippen LogP contribution in [0.4, 0.5) is 0 Å². The molecule has 2 aromatic rings. The zero-order chi connectivity index (χ0) is 17.9. The van der Waals surface area contributed by atoms with Gasteiger partial charge in [0.25, 0.3) is 5.91 Å². The van der Waals surface area contributed by atoms with Crippen molar-refractivity contribution in [3.8, 4) is 0 Å². The number of ether oxygens (including phenoxy) is 1. The van der Waals surface area contributed by atoms with Crippen LogP contribution >= 0.6 is 0 Å². The number of esters is 1. The molecule has 0 saturated heterocycles. The van der Waals surface area contributed by atoms with Gasteiger partial charge in [-0.25, -0.2) is 4.79 Å². The predicted octanol–water partition coefficient (Wildman–Crippen LogP) is 2.40. The largest absolute Gasteiger partial charge is 0.452 e. The number of benzene rings is 1. The van der Waals surface area contributed by atoms with Gasteiger partial charge < -0.3 is 10.1 Å². The lowest BCUT2D eigenvalue weighted by molar-refractivity contribution is -0.143. The Morgan fingerprint density at radius 2 is 2.08 bits per heavy atom. The lowest BCUT2D eigenvalue weighted by atomic mass is 10.2. The monoisotopic (exact) mass is 341 g/mol. The summed E-state index contributed by atoms with van der Waals surface area (Å²) in [5.41, 5.74) is 1.94. The van der Waals surface area contributed by atoms with Gasteiger partial charge >= 0.3 is 5.97 Å². The molecule has 6 heteroatoms. The number of carbonyl (C=O) groups excluding carboxylic acids is 2. The normalized spacial score (nSPS) is 10.8. The van der Waals surface area contributed by atoms with Crippen molar-refractivity contribution in [3.05, 3.63) is 59.9 Å². The van der Waals surface area contributed by atoms with E-state index in [0.29, 0.717) is 13.1 Å². The number of nitrogens with one attached hydrogen (secondary N) is 1. The Kier molecular flexibility index (Phi) is 7.43. The Balaban J connectivity index is 1.75. The third-order valence-electron chi connectivity index (χ3n) is 3.45. The summed E-state index contributed by atoms with van der Waals surface area (Å²) in [5, 5.41) is 6.94.